The van der Waals surface area contributed by atoms with Gasteiger partial charge in [-0.2, -0.15) is 5.26 Å². The maximum atomic E-state index is 8.87. The van der Waals surface area contributed by atoms with Crippen molar-refractivity contribution in [2.45, 2.75) is 6.92 Å². The molecule has 2 rings (SSSR count). The molecule has 0 saturated heterocycles. The smallest absolute Gasteiger partial charge is 0.165 e. The summed E-state index contributed by atoms with van der Waals surface area (Å²) in [5.74, 6) is 0.561. The fourth-order valence-corrected chi connectivity index (χ4v) is 1.68. The SMILES string of the molecule is Cc1c(Cl)cccc1Nc1ccc(N)c(C#N)n1. The zero-order valence-electron chi connectivity index (χ0n) is 9.74. The molecule has 1 aromatic carbocycles. The third-order valence-electron chi connectivity index (χ3n) is 2.56. The number of aromatic nitrogens is 1. The molecule has 1 aromatic heterocycles. The maximum Gasteiger partial charge on any atom is 0.165 e. The van der Waals surface area contributed by atoms with Crippen LogP contribution < -0.4 is 11.1 Å². The van der Waals surface area contributed by atoms with Gasteiger partial charge in [0.25, 0.3) is 0 Å². The van der Waals surface area contributed by atoms with Crippen molar-refractivity contribution in [2.75, 3.05) is 11.1 Å². The number of pyridine rings is 1. The Labute approximate surface area is 110 Å². The lowest BCUT2D eigenvalue weighted by Gasteiger charge is -2.10. The Hall–Kier alpha value is -2.25. The lowest BCUT2D eigenvalue weighted by molar-refractivity contribution is 1.25. The molecule has 0 radical (unpaired) electrons. The summed E-state index contributed by atoms with van der Waals surface area (Å²) in [4.78, 5) is 4.12. The standard InChI is InChI=1S/C13H11ClN4/c1-8-9(14)3-2-4-11(8)17-13-6-5-10(16)12(7-15)18-13/h2-6H,16H2,1H3,(H,17,18). The van der Waals surface area contributed by atoms with E-state index in [-0.39, 0.29) is 5.69 Å². The molecule has 0 aliphatic rings. The Kier molecular flexibility index (Phi) is 3.35. The molecule has 0 unspecified atom stereocenters. The maximum absolute atomic E-state index is 8.87. The summed E-state index contributed by atoms with van der Waals surface area (Å²) in [6, 6.07) is 10.9. The summed E-state index contributed by atoms with van der Waals surface area (Å²) in [5.41, 5.74) is 7.97. The minimum absolute atomic E-state index is 0.208. The van der Waals surface area contributed by atoms with E-state index in [1.54, 1.807) is 12.1 Å². The number of rotatable bonds is 2. The summed E-state index contributed by atoms with van der Waals surface area (Å²) in [7, 11) is 0. The molecule has 3 N–H and O–H groups in total. The first kappa shape index (κ1) is 12.2. The van der Waals surface area contributed by atoms with Crippen molar-refractivity contribution in [3.8, 4) is 6.07 Å². The van der Waals surface area contributed by atoms with Crippen LogP contribution in [-0.4, -0.2) is 4.98 Å². The van der Waals surface area contributed by atoms with Crippen molar-refractivity contribution in [1.82, 2.24) is 4.98 Å². The van der Waals surface area contributed by atoms with Gasteiger partial charge >= 0.3 is 0 Å². The highest BCUT2D eigenvalue weighted by molar-refractivity contribution is 6.31. The molecule has 0 bridgehead atoms. The number of nitrogen functional groups attached to an aromatic ring is 1. The second kappa shape index (κ2) is 4.94. The summed E-state index contributed by atoms with van der Waals surface area (Å²) < 4.78 is 0. The Balaban J connectivity index is 2.35. The van der Waals surface area contributed by atoms with Crippen LogP contribution in [0.25, 0.3) is 0 Å². The molecule has 0 aliphatic heterocycles. The van der Waals surface area contributed by atoms with Crippen LogP contribution >= 0.6 is 11.6 Å². The first-order chi connectivity index (χ1) is 8.61. The fourth-order valence-electron chi connectivity index (χ4n) is 1.51. The summed E-state index contributed by atoms with van der Waals surface area (Å²) in [6.07, 6.45) is 0. The molecule has 0 spiro atoms. The average Bonchev–Trinajstić information content (AvgIpc) is 2.37. The monoisotopic (exact) mass is 258 g/mol. The normalized spacial score (nSPS) is 9.83. The number of hydrogen-bond donors (Lipinski definition) is 2. The predicted molar refractivity (Wildman–Crippen MR) is 72.8 cm³/mol. The van der Waals surface area contributed by atoms with Gasteiger partial charge in [-0.15, -0.1) is 0 Å². The highest BCUT2D eigenvalue weighted by atomic mass is 35.5. The number of anilines is 3. The van der Waals surface area contributed by atoms with E-state index in [1.165, 1.54) is 0 Å². The number of nitrogens with zero attached hydrogens (tertiary/aromatic N) is 2. The number of nitrogens with two attached hydrogens (primary N) is 1. The average molecular weight is 259 g/mol. The quantitative estimate of drug-likeness (QED) is 0.867. The van der Waals surface area contributed by atoms with E-state index in [4.69, 9.17) is 22.6 Å². The van der Waals surface area contributed by atoms with E-state index in [2.05, 4.69) is 10.3 Å². The molecule has 2 aromatic rings. The second-order valence-corrected chi connectivity index (χ2v) is 4.19. The Morgan fingerprint density at radius 3 is 2.83 bits per heavy atom. The Morgan fingerprint density at radius 2 is 2.11 bits per heavy atom. The van der Waals surface area contributed by atoms with E-state index in [0.29, 0.717) is 16.5 Å². The topological polar surface area (TPSA) is 74.7 Å². The van der Waals surface area contributed by atoms with Gasteiger partial charge in [0, 0.05) is 10.7 Å². The van der Waals surface area contributed by atoms with Gasteiger partial charge in [-0.05, 0) is 36.8 Å². The first-order valence-corrected chi connectivity index (χ1v) is 5.68. The van der Waals surface area contributed by atoms with Crippen molar-refractivity contribution in [3.05, 3.63) is 46.6 Å². The largest absolute Gasteiger partial charge is 0.396 e. The van der Waals surface area contributed by atoms with Crippen molar-refractivity contribution in [3.63, 3.8) is 0 Å². The van der Waals surface area contributed by atoms with Gasteiger partial charge < -0.3 is 11.1 Å². The van der Waals surface area contributed by atoms with E-state index in [1.807, 2.05) is 31.2 Å². The molecule has 0 amide bonds. The molecule has 0 atom stereocenters. The molecule has 0 saturated carbocycles. The van der Waals surface area contributed by atoms with E-state index < -0.39 is 0 Å². The van der Waals surface area contributed by atoms with Crippen LogP contribution in [0, 0.1) is 18.3 Å². The first-order valence-electron chi connectivity index (χ1n) is 5.30. The molecule has 0 fully saturated rings. The molecule has 5 heteroatoms. The van der Waals surface area contributed by atoms with Gasteiger partial charge in [0.2, 0.25) is 0 Å². The van der Waals surface area contributed by atoms with Gasteiger partial charge in [-0.25, -0.2) is 4.98 Å². The lowest BCUT2D eigenvalue weighted by Crippen LogP contribution is -2.00. The molecule has 0 aliphatic carbocycles. The van der Waals surface area contributed by atoms with Crippen molar-refractivity contribution in [2.24, 2.45) is 0 Å². The second-order valence-electron chi connectivity index (χ2n) is 3.78. The van der Waals surface area contributed by atoms with Crippen molar-refractivity contribution >= 4 is 28.8 Å². The van der Waals surface area contributed by atoms with E-state index in [9.17, 15) is 0 Å². The Bertz CT molecular complexity index is 631. The third-order valence-corrected chi connectivity index (χ3v) is 2.97. The van der Waals surface area contributed by atoms with Gasteiger partial charge in [0.05, 0.1) is 5.69 Å². The lowest BCUT2D eigenvalue weighted by atomic mass is 10.2. The molecule has 4 nitrogen and oxygen atoms in total. The third kappa shape index (κ3) is 2.36. The van der Waals surface area contributed by atoms with Crippen molar-refractivity contribution < 1.29 is 0 Å². The molecule has 18 heavy (non-hydrogen) atoms. The predicted octanol–water partition coefficient (Wildman–Crippen LogP) is 3.24. The number of nitrogens with one attached hydrogen (secondary N) is 1. The summed E-state index contributed by atoms with van der Waals surface area (Å²) >= 11 is 6.03. The van der Waals surface area contributed by atoms with Crippen LogP contribution in [0.2, 0.25) is 5.02 Å². The van der Waals surface area contributed by atoms with Gasteiger partial charge in [0.15, 0.2) is 5.69 Å². The van der Waals surface area contributed by atoms with Crippen molar-refractivity contribution in [1.29, 1.82) is 5.26 Å². The minimum atomic E-state index is 0.208. The van der Waals surface area contributed by atoms with Gasteiger partial charge in [-0.1, -0.05) is 17.7 Å². The van der Waals surface area contributed by atoms with Crippen LogP contribution in [0.1, 0.15) is 11.3 Å². The van der Waals surface area contributed by atoms with Crippen LogP contribution in [0.5, 0.6) is 0 Å². The van der Waals surface area contributed by atoms with Crippen LogP contribution in [0.4, 0.5) is 17.2 Å². The molecule has 1 heterocycles. The van der Waals surface area contributed by atoms with Crippen LogP contribution in [0.3, 0.4) is 0 Å². The molecular weight excluding hydrogens is 248 g/mol. The number of nitriles is 1. The highest BCUT2D eigenvalue weighted by Crippen LogP contribution is 2.26. The van der Waals surface area contributed by atoms with Crippen LogP contribution in [-0.2, 0) is 0 Å². The Morgan fingerprint density at radius 1 is 1.33 bits per heavy atom. The molecular formula is C13H11ClN4. The fraction of sp³-hybridized carbons (Fsp3) is 0.0769. The van der Waals surface area contributed by atoms with Gasteiger partial charge in [-0.3, -0.25) is 0 Å². The zero-order valence-corrected chi connectivity index (χ0v) is 10.5. The number of benzene rings is 1. The minimum Gasteiger partial charge on any atom is -0.396 e. The summed E-state index contributed by atoms with van der Waals surface area (Å²) in [5, 5.41) is 12.7. The van der Waals surface area contributed by atoms with E-state index >= 15 is 0 Å². The summed E-state index contributed by atoms with van der Waals surface area (Å²) in [6.45, 7) is 1.91. The highest BCUT2D eigenvalue weighted by Gasteiger charge is 2.05. The number of hydrogen-bond acceptors (Lipinski definition) is 4. The molecule has 90 valence electrons. The van der Waals surface area contributed by atoms with Gasteiger partial charge in [0.1, 0.15) is 11.9 Å². The van der Waals surface area contributed by atoms with E-state index in [0.717, 1.165) is 11.3 Å². The zero-order chi connectivity index (χ0) is 13.1. The number of halogens is 1. The van der Waals surface area contributed by atoms with Crippen LogP contribution in [0.15, 0.2) is 30.3 Å².